The van der Waals surface area contributed by atoms with Crippen molar-refractivity contribution in [2.75, 3.05) is 5.32 Å². The number of rotatable bonds is 0. The molecule has 1 fully saturated rings. The van der Waals surface area contributed by atoms with E-state index in [4.69, 9.17) is 0 Å². The van der Waals surface area contributed by atoms with Gasteiger partial charge in [0.15, 0.2) is 0 Å². The van der Waals surface area contributed by atoms with E-state index in [-0.39, 0.29) is 18.0 Å². The summed E-state index contributed by atoms with van der Waals surface area (Å²) >= 11 is 0. The van der Waals surface area contributed by atoms with Crippen molar-refractivity contribution in [2.24, 2.45) is 0 Å². The van der Waals surface area contributed by atoms with Gasteiger partial charge in [-0.25, -0.2) is 0 Å². The zero-order chi connectivity index (χ0) is 10.4. The van der Waals surface area contributed by atoms with Gasteiger partial charge in [0, 0.05) is 17.6 Å². The van der Waals surface area contributed by atoms with E-state index in [1.165, 1.54) is 5.56 Å². The fourth-order valence-corrected chi connectivity index (χ4v) is 2.68. The molecule has 0 aromatic heterocycles. The highest BCUT2D eigenvalue weighted by Crippen LogP contribution is 2.40. The van der Waals surface area contributed by atoms with Crippen molar-refractivity contribution in [2.45, 2.75) is 31.3 Å². The summed E-state index contributed by atoms with van der Waals surface area (Å²) in [6.07, 6.45) is 1.03. The lowest BCUT2D eigenvalue weighted by atomic mass is 9.85. The Morgan fingerprint density at radius 2 is 2.07 bits per heavy atom. The van der Waals surface area contributed by atoms with E-state index in [2.05, 4.69) is 23.6 Å². The molecule has 3 nitrogen and oxygen atoms in total. The minimum absolute atomic E-state index is 0.0569. The minimum Gasteiger partial charge on any atom is -0.373 e. The van der Waals surface area contributed by atoms with Crippen LogP contribution in [0.15, 0.2) is 24.3 Å². The third-order valence-electron chi connectivity index (χ3n) is 3.35. The first-order valence-corrected chi connectivity index (χ1v) is 5.41. The van der Waals surface area contributed by atoms with Gasteiger partial charge in [-0.05, 0) is 25.0 Å². The molecule has 2 heterocycles. The van der Waals surface area contributed by atoms with Crippen molar-refractivity contribution in [3.63, 3.8) is 0 Å². The van der Waals surface area contributed by atoms with Gasteiger partial charge in [0.05, 0.1) is 0 Å². The molecular formula is C12H14N2O. The Hall–Kier alpha value is -1.51. The van der Waals surface area contributed by atoms with Gasteiger partial charge >= 0.3 is 0 Å². The number of piperidine rings is 1. The summed E-state index contributed by atoms with van der Waals surface area (Å²) in [4.78, 5) is 11.8. The van der Waals surface area contributed by atoms with E-state index in [1.54, 1.807) is 0 Å². The number of fused-ring (bicyclic) bond motifs is 3. The molecule has 3 unspecified atom stereocenters. The summed E-state index contributed by atoms with van der Waals surface area (Å²) in [5, 5.41) is 6.28. The second-order valence-electron chi connectivity index (χ2n) is 4.46. The molecular weight excluding hydrogens is 188 g/mol. The van der Waals surface area contributed by atoms with Crippen LogP contribution in [0.5, 0.6) is 0 Å². The lowest BCUT2D eigenvalue weighted by Crippen LogP contribution is -2.50. The molecule has 1 amide bonds. The van der Waals surface area contributed by atoms with Crippen molar-refractivity contribution in [3.05, 3.63) is 29.8 Å². The van der Waals surface area contributed by atoms with Gasteiger partial charge in [-0.1, -0.05) is 18.2 Å². The standard InChI is InChI=1S/C12H14N2O/c1-7-6-9-8-4-2-3-5-10(8)14-11(9)12(15)13-7/h2-5,7,9,11,14H,6H2,1H3,(H,13,15). The van der Waals surface area contributed by atoms with Crippen LogP contribution in [0, 0.1) is 0 Å². The second kappa shape index (κ2) is 2.99. The maximum Gasteiger partial charge on any atom is 0.243 e. The Bertz CT molecular complexity index is 416. The summed E-state index contributed by atoms with van der Waals surface area (Å²) in [5.74, 6) is 0.486. The number of hydrogen-bond donors (Lipinski definition) is 2. The summed E-state index contributed by atoms with van der Waals surface area (Å²) in [5.41, 5.74) is 2.42. The SMILES string of the molecule is CC1CC2c3ccccc3NC2C(=O)N1. The van der Waals surface area contributed by atoms with Gasteiger partial charge in [-0.15, -0.1) is 0 Å². The topological polar surface area (TPSA) is 41.1 Å². The maximum absolute atomic E-state index is 11.8. The van der Waals surface area contributed by atoms with Crippen LogP contribution >= 0.6 is 0 Å². The van der Waals surface area contributed by atoms with E-state index in [9.17, 15) is 4.79 Å². The fourth-order valence-electron chi connectivity index (χ4n) is 2.68. The van der Waals surface area contributed by atoms with Crippen LogP contribution in [0.25, 0.3) is 0 Å². The Kier molecular flexibility index (Phi) is 1.75. The van der Waals surface area contributed by atoms with Crippen LogP contribution in [0.4, 0.5) is 5.69 Å². The number of para-hydroxylation sites is 1. The number of benzene rings is 1. The van der Waals surface area contributed by atoms with E-state index >= 15 is 0 Å². The van der Waals surface area contributed by atoms with Gasteiger partial charge < -0.3 is 10.6 Å². The molecule has 3 rings (SSSR count). The van der Waals surface area contributed by atoms with E-state index in [0.29, 0.717) is 5.92 Å². The average molecular weight is 202 g/mol. The Morgan fingerprint density at radius 3 is 2.93 bits per heavy atom. The smallest absolute Gasteiger partial charge is 0.243 e. The second-order valence-corrected chi connectivity index (χ2v) is 4.46. The third kappa shape index (κ3) is 1.23. The van der Waals surface area contributed by atoms with E-state index in [1.807, 2.05) is 18.2 Å². The first-order chi connectivity index (χ1) is 7.25. The first-order valence-electron chi connectivity index (χ1n) is 5.41. The predicted molar refractivity (Wildman–Crippen MR) is 58.8 cm³/mol. The maximum atomic E-state index is 11.8. The van der Waals surface area contributed by atoms with Gasteiger partial charge in [0.1, 0.15) is 6.04 Å². The molecule has 0 spiro atoms. The number of carbonyl (C=O) groups is 1. The van der Waals surface area contributed by atoms with Gasteiger partial charge in [0.2, 0.25) is 5.91 Å². The first kappa shape index (κ1) is 8.77. The van der Waals surface area contributed by atoms with Gasteiger partial charge in [-0.3, -0.25) is 4.79 Å². The fraction of sp³-hybridized carbons (Fsp3) is 0.417. The largest absolute Gasteiger partial charge is 0.373 e. The van der Waals surface area contributed by atoms with Crippen molar-refractivity contribution >= 4 is 11.6 Å². The quantitative estimate of drug-likeness (QED) is 0.669. The molecule has 0 aliphatic carbocycles. The Labute approximate surface area is 88.9 Å². The summed E-state index contributed by atoms with van der Waals surface area (Å²) < 4.78 is 0. The molecule has 1 saturated heterocycles. The molecule has 2 aliphatic rings. The zero-order valence-corrected chi connectivity index (χ0v) is 8.66. The van der Waals surface area contributed by atoms with Crippen LogP contribution in [0.3, 0.4) is 0 Å². The summed E-state index contributed by atoms with van der Waals surface area (Å²) in [6, 6.07) is 8.44. The molecule has 0 saturated carbocycles. The van der Waals surface area contributed by atoms with E-state index in [0.717, 1.165) is 12.1 Å². The molecule has 3 atom stereocenters. The lowest BCUT2D eigenvalue weighted by Gasteiger charge is -2.30. The third-order valence-corrected chi connectivity index (χ3v) is 3.35. The molecule has 3 heteroatoms. The van der Waals surface area contributed by atoms with Crippen LogP contribution in [-0.2, 0) is 4.79 Å². The molecule has 2 aliphatic heterocycles. The Balaban J connectivity index is 2.02. The zero-order valence-electron chi connectivity index (χ0n) is 8.66. The minimum atomic E-state index is -0.0569. The normalized spacial score (nSPS) is 32.6. The van der Waals surface area contributed by atoms with Crippen molar-refractivity contribution < 1.29 is 4.79 Å². The van der Waals surface area contributed by atoms with Crippen LogP contribution < -0.4 is 10.6 Å². The van der Waals surface area contributed by atoms with Crippen LogP contribution in [-0.4, -0.2) is 18.0 Å². The van der Waals surface area contributed by atoms with Crippen molar-refractivity contribution in [3.8, 4) is 0 Å². The summed E-state index contributed by atoms with van der Waals surface area (Å²) in [6.45, 7) is 2.06. The van der Waals surface area contributed by atoms with Crippen molar-refractivity contribution in [1.29, 1.82) is 0 Å². The highest BCUT2D eigenvalue weighted by molar-refractivity contribution is 5.89. The molecule has 2 N–H and O–H groups in total. The number of carbonyl (C=O) groups excluding carboxylic acids is 1. The van der Waals surface area contributed by atoms with Crippen molar-refractivity contribution in [1.82, 2.24) is 5.32 Å². The monoisotopic (exact) mass is 202 g/mol. The number of amides is 1. The van der Waals surface area contributed by atoms with Crippen LogP contribution in [0.1, 0.15) is 24.8 Å². The van der Waals surface area contributed by atoms with Gasteiger partial charge in [0.25, 0.3) is 0 Å². The van der Waals surface area contributed by atoms with E-state index < -0.39 is 0 Å². The molecule has 0 bridgehead atoms. The molecule has 1 aromatic rings. The molecule has 15 heavy (non-hydrogen) atoms. The summed E-state index contributed by atoms with van der Waals surface area (Å²) in [7, 11) is 0. The average Bonchev–Trinajstić information content (AvgIpc) is 2.57. The highest BCUT2D eigenvalue weighted by Gasteiger charge is 2.41. The Morgan fingerprint density at radius 1 is 1.27 bits per heavy atom. The number of hydrogen-bond acceptors (Lipinski definition) is 2. The number of anilines is 1. The molecule has 0 radical (unpaired) electrons. The lowest BCUT2D eigenvalue weighted by molar-refractivity contribution is -0.124. The number of nitrogens with one attached hydrogen (secondary N) is 2. The molecule has 78 valence electrons. The predicted octanol–water partition coefficient (Wildman–Crippen LogP) is 1.47. The van der Waals surface area contributed by atoms with Gasteiger partial charge in [-0.2, -0.15) is 0 Å². The highest BCUT2D eigenvalue weighted by atomic mass is 16.2. The molecule has 1 aromatic carbocycles. The van der Waals surface area contributed by atoms with Crippen LogP contribution in [0.2, 0.25) is 0 Å².